The van der Waals surface area contributed by atoms with Gasteiger partial charge in [0.15, 0.2) is 0 Å². The minimum absolute atomic E-state index is 0.139. The van der Waals surface area contributed by atoms with Crippen molar-refractivity contribution in [3.63, 3.8) is 0 Å². The van der Waals surface area contributed by atoms with E-state index >= 15 is 0 Å². The Balaban J connectivity index is 1.30. The van der Waals surface area contributed by atoms with Crippen LogP contribution in [-0.2, 0) is 11.3 Å². The van der Waals surface area contributed by atoms with Gasteiger partial charge in [0, 0.05) is 46.7 Å². The van der Waals surface area contributed by atoms with Crippen LogP contribution in [0.4, 0.5) is 0 Å². The number of aromatic nitrogens is 3. The molecule has 0 bridgehead atoms. The minimum atomic E-state index is -0.257. The van der Waals surface area contributed by atoms with E-state index in [9.17, 15) is 14.4 Å². The molecule has 2 fully saturated rings. The highest BCUT2D eigenvalue weighted by Crippen LogP contribution is 2.31. The van der Waals surface area contributed by atoms with Gasteiger partial charge in [-0.05, 0) is 76.4 Å². The van der Waals surface area contributed by atoms with Crippen LogP contribution in [0, 0.1) is 19.8 Å². The number of fused-ring (bicyclic) bond motifs is 1. The van der Waals surface area contributed by atoms with Gasteiger partial charge in [0.25, 0.3) is 11.5 Å². The second-order valence-corrected chi connectivity index (χ2v) is 11.1. The molecule has 196 valence electrons. The van der Waals surface area contributed by atoms with Gasteiger partial charge < -0.3 is 20.5 Å². The number of amides is 2. The normalized spacial score (nSPS) is 17.3. The highest BCUT2D eigenvalue weighted by Gasteiger charge is 2.30. The van der Waals surface area contributed by atoms with E-state index < -0.39 is 0 Å². The molecule has 0 atom stereocenters. The lowest BCUT2D eigenvalue weighted by molar-refractivity contribution is -0.137. The van der Waals surface area contributed by atoms with Crippen molar-refractivity contribution in [2.75, 3.05) is 26.2 Å². The second-order valence-electron chi connectivity index (χ2n) is 10.2. The molecular formula is C27H33BrN6O3. The summed E-state index contributed by atoms with van der Waals surface area (Å²) in [6.45, 7) is 7.13. The molecule has 10 heteroatoms. The summed E-state index contributed by atoms with van der Waals surface area (Å²) in [6, 6.07) is 5.83. The summed E-state index contributed by atoms with van der Waals surface area (Å²) in [5.74, 6) is 0.168. The van der Waals surface area contributed by atoms with E-state index in [1.165, 1.54) is 0 Å². The maximum atomic E-state index is 13.2. The van der Waals surface area contributed by atoms with Crippen LogP contribution in [0.25, 0.3) is 10.9 Å². The summed E-state index contributed by atoms with van der Waals surface area (Å²) in [6.07, 6.45) is 5.24. The monoisotopic (exact) mass is 568 g/mol. The van der Waals surface area contributed by atoms with E-state index in [-0.39, 0.29) is 35.9 Å². The van der Waals surface area contributed by atoms with Crippen molar-refractivity contribution in [3.8, 4) is 0 Å². The van der Waals surface area contributed by atoms with Gasteiger partial charge in [0.2, 0.25) is 5.91 Å². The highest BCUT2D eigenvalue weighted by atomic mass is 79.9. The third-order valence-corrected chi connectivity index (χ3v) is 8.11. The summed E-state index contributed by atoms with van der Waals surface area (Å²) < 4.78 is 2.78. The largest absolute Gasteiger partial charge is 0.348 e. The van der Waals surface area contributed by atoms with Gasteiger partial charge in [-0.3, -0.25) is 19.1 Å². The lowest BCUT2D eigenvalue weighted by Gasteiger charge is -2.35. The molecule has 1 aromatic carbocycles. The number of rotatable bonds is 5. The molecule has 0 saturated carbocycles. The number of aryl methyl sites for hydroxylation is 2. The van der Waals surface area contributed by atoms with Crippen molar-refractivity contribution in [2.45, 2.75) is 52.1 Å². The van der Waals surface area contributed by atoms with Crippen molar-refractivity contribution in [1.29, 1.82) is 0 Å². The smallest absolute Gasteiger partial charge is 0.253 e. The average molecular weight is 570 g/mol. The van der Waals surface area contributed by atoms with Crippen LogP contribution in [0.1, 0.15) is 58.9 Å². The van der Waals surface area contributed by atoms with Crippen LogP contribution in [0.5, 0.6) is 0 Å². The third-order valence-electron chi connectivity index (χ3n) is 7.66. The Morgan fingerprint density at radius 1 is 1.11 bits per heavy atom. The summed E-state index contributed by atoms with van der Waals surface area (Å²) in [4.78, 5) is 43.3. The van der Waals surface area contributed by atoms with E-state index in [0.29, 0.717) is 11.1 Å². The number of hydrogen-bond acceptors (Lipinski definition) is 5. The fourth-order valence-corrected chi connectivity index (χ4v) is 6.06. The zero-order chi connectivity index (χ0) is 26.1. The molecule has 9 nitrogen and oxygen atoms in total. The number of aromatic amines is 1. The molecule has 2 aliphatic heterocycles. The van der Waals surface area contributed by atoms with E-state index in [2.05, 4.69) is 36.6 Å². The Morgan fingerprint density at radius 2 is 1.84 bits per heavy atom. The van der Waals surface area contributed by atoms with Gasteiger partial charge in [-0.2, -0.15) is 5.10 Å². The van der Waals surface area contributed by atoms with Gasteiger partial charge in [-0.15, -0.1) is 0 Å². The van der Waals surface area contributed by atoms with Crippen molar-refractivity contribution in [3.05, 3.63) is 61.6 Å². The van der Waals surface area contributed by atoms with Crippen LogP contribution >= 0.6 is 15.9 Å². The number of pyridine rings is 1. The number of likely N-dealkylation sites (tertiary alicyclic amines) is 1. The summed E-state index contributed by atoms with van der Waals surface area (Å²) in [5, 5.41) is 11.7. The first-order chi connectivity index (χ1) is 17.8. The van der Waals surface area contributed by atoms with Crippen LogP contribution in [0.15, 0.2) is 33.7 Å². The van der Waals surface area contributed by atoms with Crippen LogP contribution < -0.4 is 16.2 Å². The van der Waals surface area contributed by atoms with E-state index in [1.54, 1.807) is 12.3 Å². The standard InChI is InChI=1S/C27H33BrN6O3/c1-16-11-17(2)32-26(36)22(16)14-30-25(35)21-12-19(28)13-24-23(21)15-31-34(24)20-5-9-33(10-6-20)27(37)18-3-7-29-8-4-18/h11-13,15,18,20,29H,3-10,14H2,1-2H3,(H,30,35)(H,32,36). The molecule has 2 saturated heterocycles. The number of benzene rings is 1. The van der Waals surface area contributed by atoms with Crippen molar-refractivity contribution in [2.24, 2.45) is 5.92 Å². The number of nitrogens with zero attached hydrogens (tertiary/aromatic N) is 3. The molecule has 2 aromatic heterocycles. The third kappa shape index (κ3) is 5.36. The molecular weight excluding hydrogens is 536 g/mol. The number of hydrogen-bond donors (Lipinski definition) is 3. The Morgan fingerprint density at radius 3 is 2.54 bits per heavy atom. The second kappa shape index (κ2) is 10.8. The molecule has 3 aromatic rings. The van der Waals surface area contributed by atoms with Gasteiger partial charge in [0.05, 0.1) is 23.3 Å². The van der Waals surface area contributed by atoms with Gasteiger partial charge in [-0.1, -0.05) is 15.9 Å². The Kier molecular flexibility index (Phi) is 7.48. The lowest BCUT2D eigenvalue weighted by Crippen LogP contribution is -2.44. The molecule has 0 unspecified atom stereocenters. The molecule has 0 radical (unpaired) electrons. The van der Waals surface area contributed by atoms with Crippen LogP contribution in [-0.4, -0.2) is 57.7 Å². The van der Waals surface area contributed by atoms with Gasteiger partial charge in [-0.25, -0.2) is 0 Å². The quantitative estimate of drug-likeness (QED) is 0.437. The Labute approximate surface area is 224 Å². The number of nitrogens with one attached hydrogen (secondary N) is 3. The molecule has 0 aliphatic carbocycles. The van der Waals surface area contributed by atoms with E-state index in [0.717, 1.165) is 78.5 Å². The Hall–Kier alpha value is -2.98. The first-order valence-electron chi connectivity index (χ1n) is 13.0. The summed E-state index contributed by atoms with van der Waals surface area (Å²) in [5.41, 5.74) is 3.39. The highest BCUT2D eigenvalue weighted by molar-refractivity contribution is 9.10. The number of carbonyl (C=O) groups is 2. The molecule has 37 heavy (non-hydrogen) atoms. The fraction of sp³-hybridized carbons (Fsp3) is 0.481. The van der Waals surface area contributed by atoms with Gasteiger partial charge >= 0.3 is 0 Å². The predicted octanol–water partition coefficient (Wildman–Crippen LogP) is 3.20. The molecule has 4 heterocycles. The summed E-state index contributed by atoms with van der Waals surface area (Å²) >= 11 is 3.56. The zero-order valence-corrected chi connectivity index (χ0v) is 22.9. The predicted molar refractivity (Wildman–Crippen MR) is 146 cm³/mol. The molecule has 2 amide bonds. The van der Waals surface area contributed by atoms with E-state index in [1.807, 2.05) is 35.6 Å². The molecule has 2 aliphatic rings. The van der Waals surface area contributed by atoms with Crippen molar-refractivity contribution in [1.82, 2.24) is 30.3 Å². The van der Waals surface area contributed by atoms with Crippen molar-refractivity contribution >= 4 is 38.6 Å². The van der Waals surface area contributed by atoms with E-state index in [4.69, 9.17) is 0 Å². The number of halogens is 1. The fourth-order valence-electron chi connectivity index (χ4n) is 5.61. The first kappa shape index (κ1) is 25.7. The lowest BCUT2D eigenvalue weighted by atomic mass is 9.95. The van der Waals surface area contributed by atoms with Crippen LogP contribution in [0.3, 0.4) is 0 Å². The van der Waals surface area contributed by atoms with Gasteiger partial charge in [0.1, 0.15) is 0 Å². The SMILES string of the molecule is Cc1cc(C)c(CNC(=O)c2cc(Br)cc3c2cnn3C2CCN(C(=O)C3CCNCC3)CC2)c(=O)[nH]1. The zero-order valence-electron chi connectivity index (χ0n) is 21.3. The average Bonchev–Trinajstić information content (AvgIpc) is 3.31. The molecule has 3 N–H and O–H groups in total. The van der Waals surface area contributed by atoms with Crippen molar-refractivity contribution < 1.29 is 9.59 Å². The molecule has 0 spiro atoms. The molecule has 5 rings (SSSR count). The minimum Gasteiger partial charge on any atom is -0.348 e. The van der Waals surface area contributed by atoms with Crippen LogP contribution in [0.2, 0.25) is 0 Å². The maximum Gasteiger partial charge on any atom is 0.253 e. The number of H-pyrrole nitrogens is 1. The Bertz CT molecular complexity index is 1380. The number of carbonyl (C=O) groups excluding carboxylic acids is 2. The number of piperidine rings is 2. The first-order valence-corrected chi connectivity index (χ1v) is 13.7. The maximum absolute atomic E-state index is 13.2. The topological polar surface area (TPSA) is 112 Å². The summed E-state index contributed by atoms with van der Waals surface area (Å²) in [7, 11) is 0.